The normalized spacial score (nSPS) is 19.1. The Hall–Kier alpha value is -2.70. The van der Waals surface area contributed by atoms with E-state index in [0.29, 0.717) is 38.4 Å². The number of piperidine rings is 1. The number of halogens is 1. The lowest BCUT2D eigenvalue weighted by Gasteiger charge is -2.38. The molecule has 0 atom stereocenters. The van der Waals surface area contributed by atoms with Gasteiger partial charge >= 0.3 is 0 Å². The predicted molar refractivity (Wildman–Crippen MR) is 97.2 cm³/mol. The summed E-state index contributed by atoms with van der Waals surface area (Å²) in [6.45, 7) is 2.38. The second kappa shape index (κ2) is 6.79. The van der Waals surface area contributed by atoms with E-state index in [0.717, 1.165) is 18.4 Å². The molecule has 1 spiro atoms. The first-order valence-electron chi connectivity index (χ1n) is 9.25. The molecule has 0 N–H and O–H groups in total. The maximum absolute atomic E-state index is 13.4. The average molecular weight is 370 g/mol. The van der Waals surface area contributed by atoms with Crippen molar-refractivity contribution in [2.45, 2.75) is 25.8 Å². The van der Waals surface area contributed by atoms with Crippen LogP contribution in [-0.4, -0.2) is 50.8 Å². The Morgan fingerprint density at radius 3 is 2.74 bits per heavy atom. The number of likely N-dealkylation sites (tertiary alicyclic amines) is 2. The van der Waals surface area contributed by atoms with Gasteiger partial charge in [-0.15, -0.1) is 0 Å². The zero-order chi connectivity index (χ0) is 19.0. The molecule has 2 aromatic rings. The summed E-state index contributed by atoms with van der Waals surface area (Å²) >= 11 is 0. The molecule has 3 heterocycles. The highest BCUT2D eigenvalue weighted by Crippen LogP contribution is 2.41. The molecule has 0 unspecified atom stereocenters. The molecule has 2 amide bonds. The molecule has 2 aliphatic heterocycles. The van der Waals surface area contributed by atoms with Gasteiger partial charge in [-0.05, 0) is 30.5 Å². The van der Waals surface area contributed by atoms with Gasteiger partial charge in [0.15, 0.2) is 5.82 Å². The molecule has 1 aromatic carbocycles. The van der Waals surface area contributed by atoms with Gasteiger partial charge in [0.05, 0.1) is 0 Å². The molecule has 142 valence electrons. The Bertz CT molecular complexity index is 870. The Kier molecular flexibility index (Phi) is 4.45. The van der Waals surface area contributed by atoms with Crippen molar-refractivity contribution >= 4 is 11.8 Å². The van der Waals surface area contributed by atoms with E-state index in [-0.39, 0.29) is 23.0 Å². The summed E-state index contributed by atoms with van der Waals surface area (Å²) in [4.78, 5) is 32.9. The highest BCUT2D eigenvalue weighted by Gasteiger charge is 2.45. The summed E-state index contributed by atoms with van der Waals surface area (Å²) in [5, 5.41) is 0. The first kappa shape index (κ1) is 17.7. The van der Waals surface area contributed by atoms with Crippen LogP contribution in [0.1, 0.15) is 35.4 Å². The van der Waals surface area contributed by atoms with Crippen LogP contribution in [0.2, 0.25) is 0 Å². The van der Waals surface area contributed by atoms with Crippen LogP contribution in [0.5, 0.6) is 0 Å². The molecule has 2 fully saturated rings. The van der Waals surface area contributed by atoms with Crippen LogP contribution >= 0.6 is 0 Å². The number of amides is 2. The molecule has 7 heteroatoms. The molecular weight excluding hydrogens is 347 g/mol. The lowest BCUT2D eigenvalue weighted by molar-refractivity contribution is -0.128. The topological polar surface area (TPSA) is 58.4 Å². The standard InChI is InChI=1S/C20H23FN4O2/c1-23-10-7-22-18(23)19(27)24-8-5-20(6-9-24)12-17(26)25(14-20)13-15-3-2-4-16(21)11-15/h2-4,7,10-11H,5-6,8-9,12-14H2,1H3. The second-order valence-corrected chi connectivity index (χ2v) is 7.71. The minimum Gasteiger partial charge on any atom is -0.338 e. The first-order valence-corrected chi connectivity index (χ1v) is 9.25. The summed E-state index contributed by atoms with van der Waals surface area (Å²) in [5.41, 5.74) is 0.728. The third-order valence-electron chi connectivity index (χ3n) is 5.79. The van der Waals surface area contributed by atoms with Gasteiger partial charge in [-0.1, -0.05) is 12.1 Å². The number of rotatable bonds is 3. The Balaban J connectivity index is 1.39. The fourth-order valence-corrected chi connectivity index (χ4v) is 4.21. The summed E-state index contributed by atoms with van der Waals surface area (Å²) in [6, 6.07) is 6.40. The molecule has 1 aromatic heterocycles. The highest BCUT2D eigenvalue weighted by molar-refractivity contribution is 5.91. The van der Waals surface area contributed by atoms with Crippen LogP contribution in [0.4, 0.5) is 4.39 Å². The third-order valence-corrected chi connectivity index (χ3v) is 5.79. The smallest absolute Gasteiger partial charge is 0.289 e. The molecule has 0 aliphatic carbocycles. The van der Waals surface area contributed by atoms with Gasteiger partial charge in [-0.25, -0.2) is 9.37 Å². The molecule has 0 radical (unpaired) electrons. The average Bonchev–Trinajstić information content (AvgIpc) is 3.19. The van der Waals surface area contributed by atoms with E-state index < -0.39 is 0 Å². The fourth-order valence-electron chi connectivity index (χ4n) is 4.21. The largest absolute Gasteiger partial charge is 0.338 e. The van der Waals surface area contributed by atoms with E-state index in [1.165, 1.54) is 12.1 Å². The number of aryl methyl sites for hydroxylation is 1. The number of carbonyl (C=O) groups is 2. The lowest BCUT2D eigenvalue weighted by atomic mass is 9.77. The number of carbonyl (C=O) groups excluding carboxylic acids is 2. The number of imidazole rings is 1. The molecular formula is C20H23FN4O2. The molecule has 2 aliphatic rings. The monoisotopic (exact) mass is 370 g/mol. The van der Waals surface area contributed by atoms with E-state index in [1.54, 1.807) is 23.0 Å². The van der Waals surface area contributed by atoms with Gasteiger partial charge in [-0.2, -0.15) is 0 Å². The van der Waals surface area contributed by atoms with Gasteiger partial charge in [0.2, 0.25) is 5.91 Å². The minimum absolute atomic E-state index is 0.0571. The van der Waals surface area contributed by atoms with Crippen molar-refractivity contribution in [3.63, 3.8) is 0 Å². The van der Waals surface area contributed by atoms with Crippen LogP contribution in [0.15, 0.2) is 36.7 Å². The van der Waals surface area contributed by atoms with Gasteiger partial charge < -0.3 is 14.4 Å². The number of nitrogens with zero attached hydrogens (tertiary/aromatic N) is 4. The van der Waals surface area contributed by atoms with E-state index in [4.69, 9.17) is 0 Å². The molecule has 2 saturated heterocycles. The predicted octanol–water partition coefficient (Wildman–Crippen LogP) is 2.21. The first-order chi connectivity index (χ1) is 13.0. The number of benzene rings is 1. The van der Waals surface area contributed by atoms with Crippen LogP contribution in [-0.2, 0) is 18.4 Å². The molecule has 0 bridgehead atoms. The fraction of sp³-hybridized carbons (Fsp3) is 0.450. The summed E-state index contributed by atoms with van der Waals surface area (Å²) in [6.07, 6.45) is 5.49. The van der Waals surface area contributed by atoms with E-state index >= 15 is 0 Å². The second-order valence-electron chi connectivity index (χ2n) is 7.71. The van der Waals surface area contributed by atoms with Crippen molar-refractivity contribution in [1.82, 2.24) is 19.4 Å². The van der Waals surface area contributed by atoms with Crippen LogP contribution in [0.25, 0.3) is 0 Å². The molecule has 4 rings (SSSR count). The Morgan fingerprint density at radius 1 is 1.30 bits per heavy atom. The van der Waals surface area contributed by atoms with Gasteiger partial charge in [0.25, 0.3) is 5.91 Å². The summed E-state index contributed by atoms with van der Waals surface area (Å²) in [5.74, 6) is 0.220. The number of aromatic nitrogens is 2. The van der Waals surface area contributed by atoms with Crippen molar-refractivity contribution < 1.29 is 14.0 Å². The van der Waals surface area contributed by atoms with Crippen molar-refractivity contribution in [2.75, 3.05) is 19.6 Å². The van der Waals surface area contributed by atoms with Crippen molar-refractivity contribution in [1.29, 1.82) is 0 Å². The lowest BCUT2D eigenvalue weighted by Crippen LogP contribution is -2.44. The van der Waals surface area contributed by atoms with Crippen LogP contribution < -0.4 is 0 Å². The van der Waals surface area contributed by atoms with E-state index in [1.807, 2.05) is 22.9 Å². The van der Waals surface area contributed by atoms with Crippen molar-refractivity contribution in [2.24, 2.45) is 12.5 Å². The summed E-state index contributed by atoms with van der Waals surface area (Å²) in [7, 11) is 1.81. The minimum atomic E-state index is -0.282. The van der Waals surface area contributed by atoms with Crippen LogP contribution in [0.3, 0.4) is 0 Å². The highest BCUT2D eigenvalue weighted by atomic mass is 19.1. The summed E-state index contributed by atoms with van der Waals surface area (Å²) < 4.78 is 15.1. The van der Waals surface area contributed by atoms with E-state index in [2.05, 4.69) is 4.98 Å². The maximum Gasteiger partial charge on any atom is 0.289 e. The number of hydrogen-bond acceptors (Lipinski definition) is 3. The maximum atomic E-state index is 13.4. The number of hydrogen-bond donors (Lipinski definition) is 0. The van der Waals surface area contributed by atoms with Gasteiger partial charge in [-0.3, -0.25) is 9.59 Å². The quantitative estimate of drug-likeness (QED) is 0.832. The zero-order valence-corrected chi connectivity index (χ0v) is 15.4. The van der Waals surface area contributed by atoms with Gasteiger partial charge in [0, 0.05) is 57.5 Å². The Morgan fingerprint density at radius 2 is 2.07 bits per heavy atom. The molecule has 0 saturated carbocycles. The van der Waals surface area contributed by atoms with E-state index in [9.17, 15) is 14.0 Å². The van der Waals surface area contributed by atoms with Crippen LogP contribution in [0, 0.1) is 11.2 Å². The molecule has 27 heavy (non-hydrogen) atoms. The molecule has 6 nitrogen and oxygen atoms in total. The Labute approximate surface area is 157 Å². The third kappa shape index (κ3) is 3.46. The van der Waals surface area contributed by atoms with Crippen molar-refractivity contribution in [3.8, 4) is 0 Å². The zero-order valence-electron chi connectivity index (χ0n) is 15.4. The van der Waals surface area contributed by atoms with Crippen molar-refractivity contribution in [3.05, 3.63) is 53.9 Å². The van der Waals surface area contributed by atoms with Gasteiger partial charge in [0.1, 0.15) is 5.82 Å². The SMILES string of the molecule is Cn1ccnc1C(=O)N1CCC2(CC1)CC(=O)N(Cc1cccc(F)c1)C2.